The molecule has 0 heterocycles. The molecule has 110 valence electrons. The quantitative estimate of drug-likeness (QED) is 0.893. The first-order valence-corrected chi connectivity index (χ1v) is 7.92. The largest absolute Gasteiger partial charge is 0.366 e. The van der Waals surface area contributed by atoms with E-state index in [4.69, 9.17) is 28.9 Å². The maximum Gasteiger partial charge on any atom is 0.263 e. The average Bonchev–Trinajstić information content (AvgIpc) is 2.41. The summed E-state index contributed by atoms with van der Waals surface area (Å²) in [5, 5.41) is 0.0585. The van der Waals surface area contributed by atoms with Gasteiger partial charge in [0.25, 0.3) is 10.0 Å². The Hall–Kier alpha value is -1.76. The van der Waals surface area contributed by atoms with Crippen LogP contribution < -0.4 is 10.5 Å². The molecule has 0 radical (unpaired) electrons. The topological polar surface area (TPSA) is 89.3 Å². The van der Waals surface area contributed by atoms with Crippen LogP contribution in [0.5, 0.6) is 0 Å². The van der Waals surface area contributed by atoms with E-state index in [0.717, 1.165) is 0 Å². The summed E-state index contributed by atoms with van der Waals surface area (Å²) in [6.45, 7) is 0. The van der Waals surface area contributed by atoms with Gasteiger partial charge < -0.3 is 5.73 Å². The Morgan fingerprint density at radius 3 is 2.43 bits per heavy atom. The molecular weight excluding hydrogens is 335 g/mol. The van der Waals surface area contributed by atoms with Crippen molar-refractivity contribution in [1.82, 2.24) is 0 Å². The van der Waals surface area contributed by atoms with Crippen molar-refractivity contribution >= 4 is 44.8 Å². The highest BCUT2D eigenvalue weighted by molar-refractivity contribution is 7.92. The SMILES string of the molecule is NC(=O)c1cccc(NS(=O)(=O)c2cccc(Cl)c2Cl)c1. The second kappa shape index (κ2) is 5.93. The van der Waals surface area contributed by atoms with Gasteiger partial charge in [0.1, 0.15) is 4.90 Å². The van der Waals surface area contributed by atoms with Crippen molar-refractivity contribution in [2.45, 2.75) is 4.90 Å². The Morgan fingerprint density at radius 2 is 1.76 bits per heavy atom. The highest BCUT2D eigenvalue weighted by atomic mass is 35.5. The number of nitrogens with two attached hydrogens (primary N) is 1. The summed E-state index contributed by atoms with van der Waals surface area (Å²) < 4.78 is 26.9. The summed E-state index contributed by atoms with van der Waals surface area (Å²) in [5.41, 5.74) is 5.53. The highest BCUT2D eigenvalue weighted by Crippen LogP contribution is 2.30. The van der Waals surface area contributed by atoms with Gasteiger partial charge in [-0.3, -0.25) is 9.52 Å². The molecule has 8 heteroatoms. The van der Waals surface area contributed by atoms with Crippen molar-refractivity contribution in [2.24, 2.45) is 5.73 Å². The number of nitrogens with one attached hydrogen (secondary N) is 1. The van der Waals surface area contributed by atoms with E-state index in [-0.39, 0.29) is 26.2 Å². The van der Waals surface area contributed by atoms with E-state index in [1.54, 1.807) is 0 Å². The van der Waals surface area contributed by atoms with Gasteiger partial charge >= 0.3 is 0 Å². The summed E-state index contributed by atoms with van der Waals surface area (Å²) in [7, 11) is -3.93. The van der Waals surface area contributed by atoms with Gasteiger partial charge in [-0.15, -0.1) is 0 Å². The molecule has 5 nitrogen and oxygen atoms in total. The minimum Gasteiger partial charge on any atom is -0.366 e. The number of benzene rings is 2. The number of carbonyl (C=O) groups excluding carboxylic acids is 1. The van der Waals surface area contributed by atoms with Crippen molar-refractivity contribution in [1.29, 1.82) is 0 Å². The fourth-order valence-corrected chi connectivity index (χ4v) is 3.45. The normalized spacial score (nSPS) is 11.1. The average molecular weight is 345 g/mol. The molecule has 21 heavy (non-hydrogen) atoms. The molecule has 0 fully saturated rings. The van der Waals surface area contributed by atoms with Crippen LogP contribution in [-0.2, 0) is 10.0 Å². The lowest BCUT2D eigenvalue weighted by atomic mass is 10.2. The number of primary amides is 1. The van der Waals surface area contributed by atoms with Gasteiger partial charge in [-0.1, -0.05) is 35.3 Å². The first-order chi connectivity index (χ1) is 9.81. The molecule has 2 aromatic carbocycles. The summed E-state index contributed by atoms with van der Waals surface area (Å²) >= 11 is 11.7. The van der Waals surface area contributed by atoms with Crippen LogP contribution in [0.25, 0.3) is 0 Å². The zero-order chi connectivity index (χ0) is 15.6. The maximum absolute atomic E-state index is 12.3. The van der Waals surface area contributed by atoms with Crippen LogP contribution in [0.4, 0.5) is 5.69 Å². The Kier molecular flexibility index (Phi) is 4.41. The van der Waals surface area contributed by atoms with Crippen molar-refractivity contribution in [3.05, 3.63) is 58.1 Å². The molecule has 0 saturated carbocycles. The van der Waals surface area contributed by atoms with Gasteiger partial charge in [0, 0.05) is 11.3 Å². The number of hydrogen-bond acceptors (Lipinski definition) is 3. The lowest BCUT2D eigenvalue weighted by molar-refractivity contribution is 0.100. The monoisotopic (exact) mass is 344 g/mol. The van der Waals surface area contributed by atoms with Crippen LogP contribution in [0.2, 0.25) is 10.0 Å². The summed E-state index contributed by atoms with van der Waals surface area (Å²) in [6.07, 6.45) is 0. The third-order valence-electron chi connectivity index (χ3n) is 2.60. The van der Waals surface area contributed by atoms with E-state index in [2.05, 4.69) is 4.72 Å². The van der Waals surface area contributed by atoms with E-state index in [1.807, 2.05) is 0 Å². The fourth-order valence-electron chi connectivity index (χ4n) is 1.64. The zero-order valence-electron chi connectivity index (χ0n) is 10.5. The third kappa shape index (κ3) is 3.47. The molecule has 0 bridgehead atoms. The molecule has 0 aliphatic carbocycles. The van der Waals surface area contributed by atoms with Gasteiger partial charge in [-0.25, -0.2) is 8.42 Å². The molecule has 1 amide bonds. The number of anilines is 1. The Bertz CT molecular complexity index is 807. The minimum atomic E-state index is -3.93. The smallest absolute Gasteiger partial charge is 0.263 e. The lowest BCUT2D eigenvalue weighted by Gasteiger charge is -2.10. The molecular formula is C13H10Cl2N2O3S. The van der Waals surface area contributed by atoms with Gasteiger partial charge in [0.2, 0.25) is 5.91 Å². The van der Waals surface area contributed by atoms with Crippen LogP contribution >= 0.6 is 23.2 Å². The van der Waals surface area contributed by atoms with Crippen LogP contribution in [0, 0.1) is 0 Å². The van der Waals surface area contributed by atoms with Crippen molar-refractivity contribution in [3.63, 3.8) is 0 Å². The Morgan fingerprint density at radius 1 is 1.10 bits per heavy atom. The first-order valence-electron chi connectivity index (χ1n) is 5.68. The van der Waals surface area contributed by atoms with Gasteiger partial charge in [-0.05, 0) is 30.3 Å². The molecule has 0 spiro atoms. The lowest BCUT2D eigenvalue weighted by Crippen LogP contribution is -2.15. The number of hydrogen-bond donors (Lipinski definition) is 2. The minimum absolute atomic E-state index is 0.0716. The Labute approximate surface area is 131 Å². The standard InChI is InChI=1S/C13H10Cl2N2O3S/c14-10-5-2-6-11(12(10)15)21(19,20)17-9-4-1-3-8(7-9)13(16)18/h1-7,17H,(H2,16,18). The van der Waals surface area contributed by atoms with E-state index < -0.39 is 15.9 Å². The predicted molar refractivity (Wildman–Crippen MR) is 82.2 cm³/mol. The van der Waals surface area contributed by atoms with E-state index in [9.17, 15) is 13.2 Å². The van der Waals surface area contributed by atoms with Crippen LogP contribution in [0.1, 0.15) is 10.4 Å². The summed E-state index contributed by atoms with van der Waals surface area (Å²) in [5.74, 6) is -0.656. The summed E-state index contributed by atoms with van der Waals surface area (Å²) in [6, 6.07) is 10.1. The maximum atomic E-state index is 12.3. The van der Waals surface area contributed by atoms with Gasteiger partial charge in [0.05, 0.1) is 10.0 Å². The number of halogens is 2. The van der Waals surface area contributed by atoms with E-state index >= 15 is 0 Å². The molecule has 0 saturated heterocycles. The van der Waals surface area contributed by atoms with Gasteiger partial charge in [-0.2, -0.15) is 0 Å². The highest BCUT2D eigenvalue weighted by Gasteiger charge is 2.19. The number of rotatable bonds is 4. The molecule has 0 aliphatic heterocycles. The summed E-state index contributed by atoms with van der Waals surface area (Å²) in [4.78, 5) is 10.9. The van der Waals surface area contributed by atoms with Crippen LogP contribution in [0.15, 0.2) is 47.4 Å². The molecule has 2 aromatic rings. The predicted octanol–water partition coefficient (Wildman–Crippen LogP) is 2.89. The molecule has 3 N–H and O–H groups in total. The zero-order valence-corrected chi connectivity index (χ0v) is 12.8. The number of sulfonamides is 1. The molecule has 0 aromatic heterocycles. The second-order valence-corrected chi connectivity index (χ2v) is 6.54. The third-order valence-corrected chi connectivity index (χ3v) is 4.96. The van der Waals surface area contributed by atoms with Crippen LogP contribution in [-0.4, -0.2) is 14.3 Å². The van der Waals surface area contributed by atoms with Crippen molar-refractivity contribution in [3.8, 4) is 0 Å². The Balaban J connectivity index is 2.40. The fraction of sp³-hybridized carbons (Fsp3) is 0. The molecule has 2 rings (SSSR count). The molecule has 0 unspecified atom stereocenters. The van der Waals surface area contributed by atoms with Crippen molar-refractivity contribution < 1.29 is 13.2 Å². The number of carbonyl (C=O) groups is 1. The first kappa shape index (κ1) is 15.6. The van der Waals surface area contributed by atoms with E-state index in [1.165, 1.54) is 42.5 Å². The van der Waals surface area contributed by atoms with Crippen LogP contribution in [0.3, 0.4) is 0 Å². The van der Waals surface area contributed by atoms with E-state index in [0.29, 0.717) is 0 Å². The molecule has 0 aliphatic rings. The number of amides is 1. The second-order valence-electron chi connectivity index (χ2n) is 4.10. The van der Waals surface area contributed by atoms with Gasteiger partial charge in [0.15, 0.2) is 0 Å². The van der Waals surface area contributed by atoms with Crippen molar-refractivity contribution in [2.75, 3.05) is 4.72 Å². The molecule has 0 atom stereocenters.